The second-order valence-electron chi connectivity index (χ2n) is 3.66. The van der Waals surface area contributed by atoms with Gasteiger partial charge in [-0.05, 0) is 29.5 Å². The third kappa shape index (κ3) is 2.47. The SMILES string of the molecule is CCSc1ccc(-c2cc[nH]c(=O)c2C#N)cc1. The molecule has 0 bridgehead atoms. The molecule has 2 rings (SSSR count). The zero-order valence-electron chi connectivity index (χ0n) is 9.93. The van der Waals surface area contributed by atoms with E-state index in [4.69, 9.17) is 5.26 Å². The van der Waals surface area contributed by atoms with E-state index in [-0.39, 0.29) is 11.1 Å². The van der Waals surface area contributed by atoms with Gasteiger partial charge < -0.3 is 4.98 Å². The van der Waals surface area contributed by atoms with Gasteiger partial charge >= 0.3 is 0 Å². The highest BCUT2D eigenvalue weighted by molar-refractivity contribution is 7.99. The quantitative estimate of drug-likeness (QED) is 0.859. The van der Waals surface area contributed by atoms with E-state index in [1.54, 1.807) is 24.0 Å². The Kier molecular flexibility index (Phi) is 3.85. The average molecular weight is 256 g/mol. The van der Waals surface area contributed by atoms with Gasteiger partial charge in [-0.25, -0.2) is 0 Å². The minimum atomic E-state index is -0.345. The summed E-state index contributed by atoms with van der Waals surface area (Å²) in [6.45, 7) is 2.10. The minimum absolute atomic E-state index is 0.161. The number of nitriles is 1. The van der Waals surface area contributed by atoms with E-state index in [0.29, 0.717) is 5.56 Å². The van der Waals surface area contributed by atoms with Crippen molar-refractivity contribution in [3.05, 3.63) is 52.4 Å². The number of benzene rings is 1. The van der Waals surface area contributed by atoms with Gasteiger partial charge in [0.05, 0.1) is 0 Å². The van der Waals surface area contributed by atoms with Crippen molar-refractivity contribution >= 4 is 11.8 Å². The molecule has 1 aromatic carbocycles. The summed E-state index contributed by atoms with van der Waals surface area (Å²) < 4.78 is 0. The van der Waals surface area contributed by atoms with Crippen molar-refractivity contribution in [1.29, 1.82) is 5.26 Å². The third-order valence-corrected chi connectivity index (χ3v) is 3.44. The van der Waals surface area contributed by atoms with Gasteiger partial charge in [-0.1, -0.05) is 19.1 Å². The molecule has 90 valence electrons. The molecule has 0 saturated carbocycles. The lowest BCUT2D eigenvalue weighted by molar-refractivity contribution is 1.21. The molecule has 18 heavy (non-hydrogen) atoms. The Hall–Kier alpha value is -1.99. The summed E-state index contributed by atoms with van der Waals surface area (Å²) in [7, 11) is 0. The molecule has 0 aliphatic rings. The zero-order valence-corrected chi connectivity index (χ0v) is 10.8. The molecule has 0 radical (unpaired) electrons. The standard InChI is InChI=1S/C14H12N2OS/c1-2-18-11-5-3-10(4-6-11)12-7-8-16-14(17)13(12)9-15/h3-8H,2H2,1H3,(H,16,17). The monoisotopic (exact) mass is 256 g/mol. The predicted octanol–water partition coefficient (Wildman–Crippen LogP) is 3.03. The van der Waals surface area contributed by atoms with Crippen LogP contribution < -0.4 is 5.56 Å². The van der Waals surface area contributed by atoms with Crippen LogP contribution in [-0.2, 0) is 0 Å². The largest absolute Gasteiger partial charge is 0.328 e. The van der Waals surface area contributed by atoms with Crippen LogP contribution in [0.15, 0.2) is 46.2 Å². The smallest absolute Gasteiger partial charge is 0.266 e. The van der Waals surface area contributed by atoms with Crippen molar-refractivity contribution in [2.75, 3.05) is 5.75 Å². The van der Waals surface area contributed by atoms with Crippen LogP contribution in [0.1, 0.15) is 12.5 Å². The molecule has 1 heterocycles. The molecule has 0 atom stereocenters. The second kappa shape index (κ2) is 5.56. The molecular weight excluding hydrogens is 244 g/mol. The van der Waals surface area contributed by atoms with E-state index in [1.807, 2.05) is 30.3 Å². The summed E-state index contributed by atoms with van der Waals surface area (Å²) in [5.41, 5.74) is 1.38. The number of thioether (sulfide) groups is 1. The number of aromatic nitrogens is 1. The normalized spacial score (nSPS) is 10.0. The van der Waals surface area contributed by atoms with Gasteiger partial charge in [-0.2, -0.15) is 5.26 Å². The molecule has 1 N–H and O–H groups in total. The lowest BCUT2D eigenvalue weighted by Gasteiger charge is -2.04. The van der Waals surface area contributed by atoms with E-state index >= 15 is 0 Å². The highest BCUT2D eigenvalue weighted by Crippen LogP contribution is 2.24. The van der Waals surface area contributed by atoms with E-state index in [1.165, 1.54) is 4.90 Å². The van der Waals surface area contributed by atoms with Crippen LogP contribution in [0.3, 0.4) is 0 Å². The molecule has 3 nitrogen and oxygen atoms in total. The fourth-order valence-electron chi connectivity index (χ4n) is 1.73. The summed E-state index contributed by atoms with van der Waals surface area (Å²) in [5.74, 6) is 1.02. The first kappa shape index (κ1) is 12.5. The van der Waals surface area contributed by atoms with Gasteiger partial charge in [-0.3, -0.25) is 4.79 Å². The highest BCUT2D eigenvalue weighted by atomic mass is 32.2. The first-order chi connectivity index (χ1) is 8.76. The average Bonchev–Trinajstić information content (AvgIpc) is 2.40. The van der Waals surface area contributed by atoms with Crippen LogP contribution in [0.2, 0.25) is 0 Å². The van der Waals surface area contributed by atoms with Gasteiger partial charge in [0.25, 0.3) is 5.56 Å². The fourth-order valence-corrected chi connectivity index (χ4v) is 2.39. The van der Waals surface area contributed by atoms with Crippen molar-refractivity contribution in [1.82, 2.24) is 4.98 Å². The Balaban J connectivity index is 2.47. The summed E-state index contributed by atoms with van der Waals surface area (Å²) in [5, 5.41) is 9.03. The first-order valence-electron chi connectivity index (χ1n) is 5.61. The number of H-pyrrole nitrogens is 1. The van der Waals surface area contributed by atoms with Crippen molar-refractivity contribution < 1.29 is 0 Å². The van der Waals surface area contributed by atoms with E-state index in [0.717, 1.165) is 11.3 Å². The molecule has 0 aliphatic carbocycles. The maximum Gasteiger partial charge on any atom is 0.266 e. The maximum absolute atomic E-state index is 11.5. The number of nitrogens with one attached hydrogen (secondary N) is 1. The van der Waals surface area contributed by atoms with Gasteiger partial charge in [0.1, 0.15) is 11.6 Å². The molecule has 0 amide bonds. The van der Waals surface area contributed by atoms with E-state index < -0.39 is 0 Å². The Morgan fingerprint density at radius 1 is 1.28 bits per heavy atom. The number of pyridine rings is 1. The predicted molar refractivity (Wildman–Crippen MR) is 73.6 cm³/mol. The number of hydrogen-bond acceptors (Lipinski definition) is 3. The summed E-state index contributed by atoms with van der Waals surface area (Å²) in [4.78, 5) is 15.2. The zero-order chi connectivity index (χ0) is 13.0. The Morgan fingerprint density at radius 3 is 2.61 bits per heavy atom. The Labute approximate surface area is 109 Å². The van der Waals surface area contributed by atoms with Crippen LogP contribution in [0.5, 0.6) is 0 Å². The van der Waals surface area contributed by atoms with E-state index in [2.05, 4.69) is 11.9 Å². The number of rotatable bonds is 3. The fraction of sp³-hybridized carbons (Fsp3) is 0.143. The van der Waals surface area contributed by atoms with Crippen LogP contribution in [-0.4, -0.2) is 10.7 Å². The van der Waals surface area contributed by atoms with Crippen molar-refractivity contribution in [3.8, 4) is 17.2 Å². The van der Waals surface area contributed by atoms with Crippen molar-refractivity contribution in [2.45, 2.75) is 11.8 Å². The van der Waals surface area contributed by atoms with Crippen LogP contribution >= 0.6 is 11.8 Å². The topological polar surface area (TPSA) is 56.6 Å². The summed E-state index contributed by atoms with van der Waals surface area (Å²) >= 11 is 1.76. The minimum Gasteiger partial charge on any atom is -0.328 e. The number of hydrogen-bond donors (Lipinski definition) is 1. The van der Waals surface area contributed by atoms with Gasteiger partial charge in [-0.15, -0.1) is 11.8 Å². The lowest BCUT2D eigenvalue weighted by atomic mass is 10.0. The van der Waals surface area contributed by atoms with Gasteiger partial charge in [0.2, 0.25) is 0 Å². The van der Waals surface area contributed by atoms with Gasteiger partial charge in [0.15, 0.2) is 0 Å². The number of nitrogens with zero attached hydrogens (tertiary/aromatic N) is 1. The van der Waals surface area contributed by atoms with E-state index in [9.17, 15) is 4.79 Å². The molecule has 1 aromatic heterocycles. The summed E-state index contributed by atoms with van der Waals surface area (Å²) in [6.07, 6.45) is 1.56. The molecule has 2 aromatic rings. The second-order valence-corrected chi connectivity index (χ2v) is 5.00. The Bertz CT molecular complexity index is 638. The van der Waals surface area contributed by atoms with Gasteiger partial charge in [0, 0.05) is 16.7 Å². The molecule has 0 aliphatic heterocycles. The lowest BCUT2D eigenvalue weighted by Crippen LogP contribution is -2.10. The molecule has 0 saturated heterocycles. The molecule has 0 unspecified atom stereocenters. The van der Waals surface area contributed by atoms with Crippen LogP contribution in [0.4, 0.5) is 0 Å². The van der Waals surface area contributed by atoms with Crippen LogP contribution in [0.25, 0.3) is 11.1 Å². The molecule has 0 spiro atoms. The van der Waals surface area contributed by atoms with Crippen LogP contribution in [0, 0.1) is 11.3 Å². The van der Waals surface area contributed by atoms with Crippen molar-refractivity contribution in [2.24, 2.45) is 0 Å². The maximum atomic E-state index is 11.5. The molecule has 0 fully saturated rings. The third-order valence-electron chi connectivity index (χ3n) is 2.55. The molecular formula is C14H12N2OS. The van der Waals surface area contributed by atoms with Crippen molar-refractivity contribution in [3.63, 3.8) is 0 Å². The number of aromatic amines is 1. The highest BCUT2D eigenvalue weighted by Gasteiger charge is 2.08. The first-order valence-corrected chi connectivity index (χ1v) is 6.60. The molecule has 4 heteroatoms. The summed E-state index contributed by atoms with van der Waals surface area (Å²) in [6, 6.07) is 11.6. The Morgan fingerprint density at radius 2 is 2.00 bits per heavy atom.